The van der Waals surface area contributed by atoms with Crippen molar-refractivity contribution >= 4 is 5.57 Å². The number of hydrogen-bond acceptors (Lipinski definition) is 0. The lowest BCUT2D eigenvalue weighted by atomic mass is 10.0. The Labute approximate surface area is 79.9 Å². The Hall–Kier alpha value is -1.56. The average Bonchev–Trinajstić information content (AvgIpc) is 2.15. The predicted molar refractivity (Wildman–Crippen MR) is 59.4 cm³/mol. The van der Waals surface area contributed by atoms with Gasteiger partial charge in [-0.05, 0) is 18.1 Å². The average molecular weight is 170 g/mol. The molecule has 0 unspecified atom stereocenters. The quantitative estimate of drug-likeness (QED) is 0.605. The van der Waals surface area contributed by atoms with Gasteiger partial charge in [-0.1, -0.05) is 61.2 Å². The van der Waals surface area contributed by atoms with Crippen LogP contribution in [0.5, 0.6) is 0 Å². The smallest absolute Gasteiger partial charge is 0.0184 e. The summed E-state index contributed by atoms with van der Waals surface area (Å²) in [6, 6.07) is 10.2. The fourth-order valence-corrected chi connectivity index (χ4v) is 1.16. The molecule has 0 saturated heterocycles. The van der Waals surface area contributed by atoms with Gasteiger partial charge in [-0.2, -0.15) is 0 Å². The van der Waals surface area contributed by atoms with E-state index in [0.717, 1.165) is 11.1 Å². The highest BCUT2D eigenvalue weighted by molar-refractivity contribution is 5.75. The largest absolute Gasteiger partial charge is 0.0984 e. The number of allylic oxidation sites excluding steroid dienone is 4. The van der Waals surface area contributed by atoms with E-state index in [1.807, 2.05) is 37.3 Å². The topological polar surface area (TPSA) is 0 Å². The van der Waals surface area contributed by atoms with E-state index in [0.29, 0.717) is 0 Å². The van der Waals surface area contributed by atoms with Crippen LogP contribution < -0.4 is 0 Å². The zero-order chi connectivity index (χ0) is 9.68. The highest BCUT2D eigenvalue weighted by atomic mass is 14.0. The summed E-state index contributed by atoms with van der Waals surface area (Å²) in [5.41, 5.74) is 3.34. The van der Waals surface area contributed by atoms with Crippen LogP contribution in [-0.4, -0.2) is 0 Å². The zero-order valence-electron chi connectivity index (χ0n) is 7.96. The Morgan fingerprint density at radius 3 is 2.31 bits per heavy atom. The van der Waals surface area contributed by atoms with Gasteiger partial charge in [-0.25, -0.2) is 0 Å². The van der Waals surface area contributed by atoms with E-state index in [4.69, 9.17) is 0 Å². The maximum atomic E-state index is 3.84. The van der Waals surface area contributed by atoms with Gasteiger partial charge in [0.25, 0.3) is 0 Å². The second kappa shape index (κ2) is 4.46. The van der Waals surface area contributed by atoms with Crippen LogP contribution in [0.3, 0.4) is 0 Å². The summed E-state index contributed by atoms with van der Waals surface area (Å²) in [6.07, 6.45) is 3.88. The van der Waals surface area contributed by atoms with E-state index < -0.39 is 0 Å². The van der Waals surface area contributed by atoms with Gasteiger partial charge >= 0.3 is 0 Å². The first kappa shape index (κ1) is 9.53. The van der Waals surface area contributed by atoms with Crippen molar-refractivity contribution in [3.05, 3.63) is 66.8 Å². The normalized spacial score (nSPS) is 11.0. The van der Waals surface area contributed by atoms with Crippen LogP contribution in [-0.2, 0) is 0 Å². The molecule has 0 fully saturated rings. The summed E-state index contributed by atoms with van der Waals surface area (Å²) in [6.45, 7) is 9.60. The lowest BCUT2D eigenvalue weighted by Gasteiger charge is -2.01. The van der Waals surface area contributed by atoms with Crippen molar-refractivity contribution in [3.63, 3.8) is 0 Å². The van der Waals surface area contributed by atoms with Crippen LogP contribution in [0.2, 0.25) is 0 Å². The van der Waals surface area contributed by atoms with Crippen molar-refractivity contribution in [1.29, 1.82) is 0 Å². The van der Waals surface area contributed by atoms with E-state index in [1.165, 1.54) is 5.56 Å². The minimum atomic E-state index is 1.04. The van der Waals surface area contributed by atoms with Gasteiger partial charge in [0.2, 0.25) is 0 Å². The third-order valence-corrected chi connectivity index (χ3v) is 1.73. The molecular weight excluding hydrogens is 156 g/mol. The van der Waals surface area contributed by atoms with Crippen molar-refractivity contribution in [2.75, 3.05) is 0 Å². The van der Waals surface area contributed by atoms with Crippen LogP contribution in [0.15, 0.2) is 61.2 Å². The lowest BCUT2D eigenvalue weighted by molar-refractivity contribution is 1.54. The third kappa shape index (κ3) is 2.75. The number of benzene rings is 1. The molecule has 0 spiro atoms. The summed E-state index contributed by atoms with van der Waals surface area (Å²) in [7, 11) is 0. The molecular formula is C13H14. The fourth-order valence-electron chi connectivity index (χ4n) is 1.16. The summed E-state index contributed by atoms with van der Waals surface area (Å²) in [4.78, 5) is 0. The Bertz CT molecular complexity index is 328. The van der Waals surface area contributed by atoms with Gasteiger partial charge in [0.15, 0.2) is 0 Å². The molecule has 0 aromatic heterocycles. The molecule has 1 aromatic carbocycles. The highest BCUT2D eigenvalue weighted by Crippen LogP contribution is 2.16. The number of rotatable bonds is 3. The van der Waals surface area contributed by atoms with E-state index in [-0.39, 0.29) is 0 Å². The molecule has 0 atom stereocenters. The number of hydrogen-bond donors (Lipinski definition) is 0. The van der Waals surface area contributed by atoms with Gasteiger partial charge in [0.1, 0.15) is 0 Å². The molecule has 0 saturated carbocycles. The summed E-state index contributed by atoms with van der Waals surface area (Å²) in [5.74, 6) is 0. The first-order chi connectivity index (χ1) is 6.24. The van der Waals surface area contributed by atoms with Crippen LogP contribution in [0, 0.1) is 0 Å². The second-order valence-corrected chi connectivity index (χ2v) is 3.02. The van der Waals surface area contributed by atoms with Crippen molar-refractivity contribution in [2.45, 2.75) is 6.92 Å². The Morgan fingerprint density at radius 2 is 1.85 bits per heavy atom. The van der Waals surface area contributed by atoms with Gasteiger partial charge < -0.3 is 0 Å². The molecule has 0 aliphatic rings. The van der Waals surface area contributed by atoms with Crippen molar-refractivity contribution in [1.82, 2.24) is 0 Å². The van der Waals surface area contributed by atoms with E-state index in [2.05, 4.69) is 25.3 Å². The molecule has 1 rings (SSSR count). The molecule has 1 aromatic rings. The summed E-state index contributed by atoms with van der Waals surface area (Å²) < 4.78 is 0. The van der Waals surface area contributed by atoms with E-state index in [9.17, 15) is 0 Å². The van der Waals surface area contributed by atoms with Crippen LogP contribution in [0.1, 0.15) is 12.5 Å². The highest BCUT2D eigenvalue weighted by Gasteiger charge is 1.94. The van der Waals surface area contributed by atoms with Crippen molar-refractivity contribution in [3.8, 4) is 0 Å². The van der Waals surface area contributed by atoms with Crippen molar-refractivity contribution < 1.29 is 0 Å². The lowest BCUT2D eigenvalue weighted by Crippen LogP contribution is -1.79. The van der Waals surface area contributed by atoms with E-state index in [1.54, 1.807) is 0 Å². The molecule has 0 bridgehead atoms. The van der Waals surface area contributed by atoms with Crippen molar-refractivity contribution in [2.24, 2.45) is 0 Å². The van der Waals surface area contributed by atoms with Gasteiger partial charge in [-0.15, -0.1) is 0 Å². The summed E-state index contributed by atoms with van der Waals surface area (Å²) in [5, 5.41) is 0. The van der Waals surface area contributed by atoms with Crippen LogP contribution >= 0.6 is 0 Å². The van der Waals surface area contributed by atoms with Crippen LogP contribution in [0.4, 0.5) is 0 Å². The fraction of sp³-hybridized carbons (Fsp3) is 0.0769. The zero-order valence-corrected chi connectivity index (χ0v) is 7.96. The molecule has 13 heavy (non-hydrogen) atoms. The van der Waals surface area contributed by atoms with Gasteiger partial charge in [-0.3, -0.25) is 0 Å². The van der Waals surface area contributed by atoms with Crippen LogP contribution in [0.25, 0.3) is 5.57 Å². The second-order valence-electron chi connectivity index (χ2n) is 3.02. The van der Waals surface area contributed by atoms with Gasteiger partial charge in [0.05, 0.1) is 0 Å². The Balaban J connectivity index is 3.05. The third-order valence-electron chi connectivity index (χ3n) is 1.73. The molecule has 0 aliphatic carbocycles. The molecule has 0 amide bonds. The van der Waals surface area contributed by atoms with Gasteiger partial charge in [0, 0.05) is 0 Å². The minimum Gasteiger partial charge on any atom is -0.0984 e. The Kier molecular flexibility index (Phi) is 3.27. The predicted octanol–water partition coefficient (Wildman–Crippen LogP) is 3.83. The monoisotopic (exact) mass is 170 g/mol. The Morgan fingerprint density at radius 1 is 1.23 bits per heavy atom. The maximum absolute atomic E-state index is 3.84. The molecule has 0 nitrogen and oxygen atoms in total. The molecule has 0 aliphatic heterocycles. The first-order valence-electron chi connectivity index (χ1n) is 4.29. The standard InChI is InChI=1S/C13H14/c1-4-12(10-11(2)3)13-8-6-5-7-9-13/h4-10H,1-2H2,3H3/b12-10+. The summed E-state index contributed by atoms with van der Waals surface area (Å²) >= 11 is 0. The first-order valence-corrected chi connectivity index (χ1v) is 4.29. The molecule has 0 heterocycles. The molecule has 0 N–H and O–H groups in total. The molecule has 0 heteroatoms. The molecule has 0 radical (unpaired) electrons. The molecule has 66 valence electrons. The SMILES string of the molecule is C=C/C(=C\C(=C)C)c1ccccc1. The minimum absolute atomic E-state index is 1.04. The van der Waals surface area contributed by atoms with E-state index >= 15 is 0 Å². The maximum Gasteiger partial charge on any atom is -0.0184 e.